The summed E-state index contributed by atoms with van der Waals surface area (Å²) in [6.45, 7) is 17.8. The van der Waals surface area contributed by atoms with Gasteiger partial charge >= 0.3 is 17.9 Å². The molecule has 14 nitrogen and oxygen atoms in total. The van der Waals surface area contributed by atoms with Crippen LogP contribution in [0.3, 0.4) is 0 Å². The lowest BCUT2D eigenvalue weighted by atomic mass is 10.1. The second kappa shape index (κ2) is 19.4. The van der Waals surface area contributed by atoms with Gasteiger partial charge in [-0.15, -0.1) is 6.42 Å². The highest BCUT2D eigenvalue weighted by atomic mass is 16.6. The number of carbonyl (C=O) groups is 5. The van der Waals surface area contributed by atoms with E-state index in [1.807, 2.05) is 11.0 Å². The largest absolute Gasteiger partial charge is 0.460 e. The molecule has 0 fully saturated rings. The number of benzene rings is 2. The number of amides is 2. The first-order chi connectivity index (χ1) is 26.4. The molecule has 0 aliphatic heterocycles. The topological polar surface area (TPSA) is 186 Å². The lowest BCUT2D eigenvalue weighted by Gasteiger charge is -2.26. The van der Waals surface area contributed by atoms with Crippen molar-refractivity contribution in [3.05, 3.63) is 69.8 Å². The lowest BCUT2D eigenvalue weighted by molar-refractivity contribution is -0.160. The predicted molar refractivity (Wildman–Crippen MR) is 217 cm³/mol. The second-order valence-electron chi connectivity index (χ2n) is 16.8. The molecule has 0 bridgehead atoms. The van der Waals surface area contributed by atoms with E-state index in [0.29, 0.717) is 29.0 Å². The van der Waals surface area contributed by atoms with E-state index in [4.69, 9.17) is 20.6 Å². The van der Waals surface area contributed by atoms with Gasteiger partial charge in [-0.25, -0.2) is 14.6 Å². The lowest BCUT2D eigenvalue weighted by Crippen LogP contribution is -2.46. The molecule has 2 atom stereocenters. The van der Waals surface area contributed by atoms with E-state index in [0.717, 1.165) is 5.56 Å². The van der Waals surface area contributed by atoms with Crippen LogP contribution in [0, 0.1) is 19.3 Å². The molecule has 3 aromatic rings. The quantitative estimate of drug-likeness (QED) is 0.0955. The molecule has 0 radical (unpaired) electrons. The van der Waals surface area contributed by atoms with Crippen LogP contribution in [0.25, 0.3) is 10.9 Å². The first-order valence-corrected chi connectivity index (χ1v) is 19.0. The number of hydrogen-bond acceptors (Lipinski definition) is 11. The number of fused-ring (bicyclic) bond motifs is 1. The third-order valence-corrected chi connectivity index (χ3v) is 8.02. The molecule has 3 rings (SSSR count). The van der Waals surface area contributed by atoms with E-state index >= 15 is 0 Å². The van der Waals surface area contributed by atoms with Crippen molar-refractivity contribution in [3.63, 3.8) is 0 Å². The van der Waals surface area contributed by atoms with Crippen molar-refractivity contribution >= 4 is 46.3 Å². The number of ether oxygens (including phenoxy) is 3. The van der Waals surface area contributed by atoms with Crippen LogP contribution in [0.15, 0.2) is 47.3 Å². The minimum atomic E-state index is -1.21. The van der Waals surface area contributed by atoms with Crippen LogP contribution in [0.1, 0.15) is 116 Å². The zero-order valence-electron chi connectivity index (χ0n) is 34.8. The van der Waals surface area contributed by atoms with Crippen LogP contribution in [-0.2, 0) is 39.9 Å². The molecule has 308 valence electrons. The molecule has 1 aromatic heterocycles. The van der Waals surface area contributed by atoms with Gasteiger partial charge in [0.1, 0.15) is 34.7 Å². The van der Waals surface area contributed by atoms with E-state index in [1.54, 1.807) is 106 Å². The van der Waals surface area contributed by atoms with E-state index in [1.165, 1.54) is 0 Å². The van der Waals surface area contributed by atoms with Crippen molar-refractivity contribution in [1.29, 1.82) is 0 Å². The number of terminal acetylenes is 1. The molecule has 0 unspecified atom stereocenters. The molecule has 0 aliphatic carbocycles. The molecule has 14 heteroatoms. The zero-order valence-corrected chi connectivity index (χ0v) is 34.8. The van der Waals surface area contributed by atoms with Crippen molar-refractivity contribution in [2.45, 2.75) is 137 Å². The number of esters is 3. The summed E-state index contributed by atoms with van der Waals surface area (Å²) < 4.78 is 16.4. The fraction of sp³-hybridized carbons (Fsp3) is 0.512. The SMILES string of the molecule is C#CCN(Cc1ccc2nc(C)[nH]c(=O)c2c1)c1ccc(C(=O)N[C@@H](CCC(=O)N[C@@H](CCCC(=O)OC(C)(C)C)C(=O)OC(C)(C)C)C(=O)OC(C)(C)C)cc1. The summed E-state index contributed by atoms with van der Waals surface area (Å²) in [5, 5.41) is 5.84. The Kier molecular flexibility index (Phi) is 15.6. The number of aromatic amines is 1. The second-order valence-corrected chi connectivity index (χ2v) is 16.8. The smallest absolute Gasteiger partial charge is 0.329 e. The maximum absolute atomic E-state index is 13.5. The first kappa shape index (κ1) is 45.7. The number of aromatic nitrogens is 2. The maximum Gasteiger partial charge on any atom is 0.329 e. The first-order valence-electron chi connectivity index (χ1n) is 19.0. The Bertz CT molecular complexity index is 2010. The molecule has 0 saturated heterocycles. The van der Waals surface area contributed by atoms with Crippen LogP contribution in [-0.4, -0.2) is 75.1 Å². The maximum atomic E-state index is 13.5. The molecule has 1 heterocycles. The van der Waals surface area contributed by atoms with Gasteiger partial charge in [0.25, 0.3) is 11.5 Å². The van der Waals surface area contributed by atoms with Gasteiger partial charge in [0.2, 0.25) is 5.91 Å². The number of carbonyl (C=O) groups excluding carboxylic acids is 5. The number of hydrogen-bond donors (Lipinski definition) is 3. The van der Waals surface area contributed by atoms with Crippen LogP contribution in [0.4, 0.5) is 5.69 Å². The number of H-pyrrole nitrogens is 1. The molecular weight excluding hydrogens is 730 g/mol. The molecule has 0 aliphatic rings. The Morgan fingerprint density at radius 1 is 0.807 bits per heavy atom. The predicted octanol–water partition coefficient (Wildman–Crippen LogP) is 5.43. The van der Waals surface area contributed by atoms with Gasteiger partial charge < -0.3 is 34.7 Å². The fourth-order valence-corrected chi connectivity index (χ4v) is 5.66. The van der Waals surface area contributed by atoms with Crippen molar-refractivity contribution in [2.75, 3.05) is 11.4 Å². The molecule has 0 saturated carbocycles. The van der Waals surface area contributed by atoms with Crippen molar-refractivity contribution in [1.82, 2.24) is 20.6 Å². The highest BCUT2D eigenvalue weighted by Crippen LogP contribution is 2.21. The third-order valence-electron chi connectivity index (χ3n) is 8.02. The highest BCUT2D eigenvalue weighted by molar-refractivity contribution is 5.97. The van der Waals surface area contributed by atoms with Crippen LogP contribution < -0.4 is 21.1 Å². The Balaban J connectivity index is 1.73. The zero-order chi connectivity index (χ0) is 42.7. The van der Waals surface area contributed by atoms with Crippen molar-refractivity contribution in [2.24, 2.45) is 0 Å². The highest BCUT2D eigenvalue weighted by Gasteiger charge is 2.30. The Morgan fingerprint density at radius 2 is 1.39 bits per heavy atom. The Labute approximate surface area is 334 Å². The van der Waals surface area contributed by atoms with E-state index in [2.05, 4.69) is 26.5 Å². The van der Waals surface area contributed by atoms with Gasteiger partial charge in [-0.05, 0) is 130 Å². The third kappa shape index (κ3) is 15.7. The van der Waals surface area contributed by atoms with Gasteiger partial charge in [0.15, 0.2) is 0 Å². The van der Waals surface area contributed by atoms with Gasteiger partial charge in [0, 0.05) is 30.6 Å². The summed E-state index contributed by atoms with van der Waals surface area (Å²) in [5.74, 6) is 0.199. The number of anilines is 1. The van der Waals surface area contributed by atoms with Gasteiger partial charge in [-0.1, -0.05) is 12.0 Å². The molecule has 57 heavy (non-hydrogen) atoms. The summed E-state index contributed by atoms with van der Waals surface area (Å²) in [6.07, 6.45) is 5.70. The average Bonchev–Trinajstić information content (AvgIpc) is 3.07. The van der Waals surface area contributed by atoms with E-state index < -0.39 is 58.6 Å². The van der Waals surface area contributed by atoms with Crippen molar-refractivity contribution < 1.29 is 38.2 Å². The van der Waals surface area contributed by atoms with E-state index in [-0.39, 0.29) is 49.8 Å². The molecule has 3 N–H and O–H groups in total. The van der Waals surface area contributed by atoms with Crippen LogP contribution in [0.5, 0.6) is 0 Å². The summed E-state index contributed by atoms with van der Waals surface area (Å²) in [5.41, 5.74) is -0.234. The monoisotopic (exact) mass is 787 g/mol. The summed E-state index contributed by atoms with van der Waals surface area (Å²) in [7, 11) is 0. The van der Waals surface area contributed by atoms with Crippen LogP contribution in [0.2, 0.25) is 0 Å². The van der Waals surface area contributed by atoms with Crippen LogP contribution >= 0.6 is 0 Å². The summed E-state index contributed by atoms with van der Waals surface area (Å²) >= 11 is 0. The number of nitrogens with zero attached hydrogens (tertiary/aromatic N) is 2. The number of rotatable bonds is 16. The fourth-order valence-electron chi connectivity index (χ4n) is 5.66. The minimum absolute atomic E-state index is 0.0342. The molecule has 2 aromatic carbocycles. The Morgan fingerprint density at radius 3 is 1.95 bits per heavy atom. The number of nitrogens with one attached hydrogen (secondary N) is 3. The standard InChI is InChI=1S/C43H57N5O9/c1-12-24-48(26-28-16-21-32-31(25-28)38(52)45-27(2)44-32)30-19-17-29(18-20-30)37(51)47-34(40(54)57-43(9,10)11)22-23-35(49)46-33(39(53)56-42(6,7)8)14-13-15-36(50)55-41(3,4)5/h1,16-21,25,33-34H,13-15,22-24,26H2,2-11H3,(H,46,49)(H,47,51)(H,44,45,52)/t33-,34-/m0/s1. The minimum Gasteiger partial charge on any atom is -0.460 e. The normalized spacial score (nSPS) is 12.8. The van der Waals surface area contributed by atoms with E-state index in [9.17, 15) is 28.8 Å². The summed E-state index contributed by atoms with van der Waals surface area (Å²) in [4.78, 5) is 86.9. The molecule has 0 spiro atoms. The number of aryl methyl sites for hydroxylation is 1. The summed E-state index contributed by atoms with van der Waals surface area (Å²) in [6, 6.07) is 9.79. The average molecular weight is 788 g/mol. The molecule has 2 amide bonds. The van der Waals surface area contributed by atoms with Gasteiger partial charge in [-0.2, -0.15) is 0 Å². The Hall–Kier alpha value is -5.71. The molecular formula is C43H57N5O9. The van der Waals surface area contributed by atoms with Gasteiger partial charge in [0.05, 0.1) is 17.4 Å². The van der Waals surface area contributed by atoms with Gasteiger partial charge in [-0.3, -0.25) is 19.2 Å². The van der Waals surface area contributed by atoms with Crippen molar-refractivity contribution in [3.8, 4) is 12.3 Å².